The van der Waals surface area contributed by atoms with Crippen molar-refractivity contribution < 1.29 is 23.1 Å². The third kappa shape index (κ3) is 4.08. The maximum Gasteiger partial charge on any atom is 0.328 e. The van der Waals surface area contributed by atoms with Gasteiger partial charge >= 0.3 is 12.0 Å². The van der Waals surface area contributed by atoms with Gasteiger partial charge in [0.25, 0.3) is 0 Å². The van der Waals surface area contributed by atoms with E-state index in [-0.39, 0.29) is 18.0 Å². The van der Waals surface area contributed by atoms with Gasteiger partial charge in [-0.15, -0.1) is 0 Å². The van der Waals surface area contributed by atoms with E-state index in [0.29, 0.717) is 18.5 Å². The predicted molar refractivity (Wildman–Crippen MR) is 101 cm³/mol. The van der Waals surface area contributed by atoms with Crippen LogP contribution in [0.25, 0.3) is 0 Å². The normalized spacial score (nSPS) is 18.0. The number of rotatable bonds is 5. The van der Waals surface area contributed by atoms with Crippen LogP contribution in [0.1, 0.15) is 43.3 Å². The zero-order valence-corrected chi connectivity index (χ0v) is 16.5. The first kappa shape index (κ1) is 20.8. The van der Waals surface area contributed by atoms with Gasteiger partial charge in [0.05, 0.1) is 19.1 Å². The fourth-order valence-corrected chi connectivity index (χ4v) is 3.55. The van der Waals surface area contributed by atoms with E-state index in [1.54, 1.807) is 0 Å². The number of amides is 2. The number of hydrogen-bond donors (Lipinski definition) is 2. The molecule has 156 valence electrons. The number of methoxy groups -OCH3 is 1. The number of nitrogens with one attached hydrogen (secondary N) is 2. The molecular weight excluding hydrogens is 382 g/mol. The van der Waals surface area contributed by atoms with Crippen LogP contribution in [0.3, 0.4) is 0 Å². The molecule has 1 aliphatic heterocycles. The Morgan fingerprint density at radius 2 is 2.17 bits per heavy atom. The molecule has 2 amide bonds. The monoisotopic (exact) mass is 406 g/mol. The van der Waals surface area contributed by atoms with Gasteiger partial charge in [-0.1, -0.05) is 20.3 Å². The Hall–Kier alpha value is -2.97. The third-order valence-electron chi connectivity index (χ3n) is 5.39. The quantitative estimate of drug-likeness (QED) is 0.748. The Morgan fingerprint density at radius 1 is 1.41 bits per heavy atom. The lowest BCUT2D eigenvalue weighted by molar-refractivity contribution is -0.144. The molecule has 1 aromatic carbocycles. The minimum Gasteiger partial charge on any atom is -0.467 e. The number of nitrogens with zero attached hydrogens (tertiary/aromatic N) is 2. The molecule has 3 rings (SSSR count). The van der Waals surface area contributed by atoms with Crippen LogP contribution in [0.15, 0.2) is 24.5 Å². The van der Waals surface area contributed by atoms with E-state index in [2.05, 4.69) is 15.3 Å². The summed E-state index contributed by atoms with van der Waals surface area (Å²) >= 11 is 0. The van der Waals surface area contributed by atoms with Crippen molar-refractivity contribution in [3.63, 3.8) is 0 Å². The predicted octanol–water partition coefficient (Wildman–Crippen LogP) is 2.93. The lowest BCUT2D eigenvalue weighted by Gasteiger charge is -2.36. The molecule has 3 atom stereocenters. The second-order valence-electron chi connectivity index (χ2n) is 7.11. The molecule has 0 fully saturated rings. The number of aromatic nitrogens is 2. The van der Waals surface area contributed by atoms with Gasteiger partial charge in [0.15, 0.2) is 0 Å². The number of aromatic amines is 1. The highest BCUT2D eigenvalue weighted by molar-refractivity contribution is 5.84. The molecule has 29 heavy (non-hydrogen) atoms. The highest BCUT2D eigenvalue weighted by Gasteiger charge is 2.38. The molecule has 2 heterocycles. The number of hydrogen-bond acceptors (Lipinski definition) is 4. The zero-order valence-electron chi connectivity index (χ0n) is 16.5. The van der Waals surface area contributed by atoms with Gasteiger partial charge in [-0.25, -0.2) is 23.4 Å². The summed E-state index contributed by atoms with van der Waals surface area (Å²) < 4.78 is 33.3. The highest BCUT2D eigenvalue weighted by atomic mass is 19.1. The summed E-state index contributed by atoms with van der Waals surface area (Å²) in [6.45, 7) is 3.97. The molecule has 2 aromatic rings. The van der Waals surface area contributed by atoms with Crippen LogP contribution in [0.5, 0.6) is 0 Å². The van der Waals surface area contributed by atoms with Crippen molar-refractivity contribution >= 4 is 12.0 Å². The second-order valence-corrected chi connectivity index (χ2v) is 7.11. The minimum atomic E-state index is -0.920. The lowest BCUT2D eigenvalue weighted by atomic mass is 9.95. The first-order valence-corrected chi connectivity index (χ1v) is 9.49. The highest BCUT2D eigenvalue weighted by Crippen LogP contribution is 2.35. The summed E-state index contributed by atoms with van der Waals surface area (Å²) in [6, 6.07) is 0.776. The Morgan fingerprint density at radius 3 is 2.86 bits per heavy atom. The van der Waals surface area contributed by atoms with E-state index in [4.69, 9.17) is 4.74 Å². The average molecular weight is 406 g/mol. The minimum absolute atomic E-state index is 0.00589. The van der Waals surface area contributed by atoms with E-state index in [1.807, 2.05) is 13.8 Å². The Labute approximate surface area is 167 Å². The first-order chi connectivity index (χ1) is 13.9. The van der Waals surface area contributed by atoms with E-state index in [1.165, 1.54) is 18.3 Å². The number of benzene rings is 1. The summed E-state index contributed by atoms with van der Waals surface area (Å²) in [5, 5.41) is 2.70. The maximum atomic E-state index is 14.6. The molecule has 0 radical (unpaired) electrons. The number of carbonyl (C=O) groups excluding carboxylic acids is 2. The van der Waals surface area contributed by atoms with Crippen molar-refractivity contribution in [3.05, 3.63) is 53.1 Å². The molecule has 0 bridgehead atoms. The van der Waals surface area contributed by atoms with Crippen LogP contribution in [0.4, 0.5) is 13.6 Å². The number of fused-ring (bicyclic) bond motifs is 1. The number of carbonyl (C=O) groups is 2. The van der Waals surface area contributed by atoms with Crippen LogP contribution >= 0.6 is 0 Å². The molecule has 1 unspecified atom stereocenters. The Bertz CT molecular complexity index is 902. The number of ether oxygens (including phenoxy) is 1. The van der Waals surface area contributed by atoms with Crippen molar-refractivity contribution in [2.45, 2.75) is 38.8 Å². The Balaban J connectivity index is 1.97. The summed E-state index contributed by atoms with van der Waals surface area (Å²) in [4.78, 5) is 33.9. The van der Waals surface area contributed by atoms with Gasteiger partial charge in [-0.3, -0.25) is 0 Å². The van der Waals surface area contributed by atoms with Gasteiger partial charge in [-0.2, -0.15) is 0 Å². The van der Waals surface area contributed by atoms with Crippen molar-refractivity contribution in [3.8, 4) is 0 Å². The van der Waals surface area contributed by atoms with Crippen LogP contribution < -0.4 is 5.32 Å². The largest absolute Gasteiger partial charge is 0.467 e. The summed E-state index contributed by atoms with van der Waals surface area (Å²) in [7, 11) is 1.26. The molecule has 1 aromatic heterocycles. The topological polar surface area (TPSA) is 87.3 Å². The molecule has 0 spiro atoms. The Kier molecular flexibility index (Phi) is 6.14. The van der Waals surface area contributed by atoms with E-state index >= 15 is 0 Å². The molecule has 1 aliphatic rings. The molecule has 0 saturated carbocycles. The fourth-order valence-electron chi connectivity index (χ4n) is 3.55. The molecular formula is C20H24F2N4O3. The molecule has 7 nitrogen and oxygen atoms in total. The summed E-state index contributed by atoms with van der Waals surface area (Å²) in [5.41, 5.74) is 1.22. The van der Waals surface area contributed by atoms with Crippen LogP contribution in [0.2, 0.25) is 0 Å². The number of imidazole rings is 1. The standard InChI is InChI=1S/C20H24F2N4O3/c1-4-11(2)16(19(27)29-3)25-20(28)26-8-7-15-17(24-10-23-15)18(26)13-9-12(21)5-6-14(13)22/h5-6,9-11,16,18H,4,7-8H2,1-3H3,(H,23,24)(H,25,28)/t11-,16+,18?/m0/s1. The lowest BCUT2D eigenvalue weighted by Crippen LogP contribution is -2.53. The molecule has 0 aliphatic carbocycles. The number of urea groups is 1. The van der Waals surface area contributed by atoms with E-state index in [9.17, 15) is 18.4 Å². The van der Waals surface area contributed by atoms with Gasteiger partial charge in [0, 0.05) is 24.2 Å². The number of esters is 1. The van der Waals surface area contributed by atoms with Gasteiger partial charge in [-0.05, 0) is 24.1 Å². The van der Waals surface area contributed by atoms with Crippen molar-refractivity contribution in [2.24, 2.45) is 5.92 Å². The maximum absolute atomic E-state index is 14.6. The summed E-state index contributed by atoms with van der Waals surface area (Å²) in [6.07, 6.45) is 2.58. The third-order valence-corrected chi connectivity index (χ3v) is 5.39. The van der Waals surface area contributed by atoms with Crippen LogP contribution in [-0.4, -0.2) is 46.6 Å². The van der Waals surface area contributed by atoms with Crippen molar-refractivity contribution in [1.29, 1.82) is 0 Å². The zero-order chi connectivity index (χ0) is 21.1. The van der Waals surface area contributed by atoms with Crippen LogP contribution in [0, 0.1) is 17.6 Å². The smallest absolute Gasteiger partial charge is 0.328 e. The second kappa shape index (κ2) is 8.59. The van der Waals surface area contributed by atoms with Gasteiger partial charge in [0.1, 0.15) is 23.7 Å². The average Bonchev–Trinajstić information content (AvgIpc) is 3.20. The van der Waals surface area contributed by atoms with Gasteiger partial charge < -0.3 is 19.9 Å². The fraction of sp³-hybridized carbons (Fsp3) is 0.450. The van der Waals surface area contributed by atoms with Crippen molar-refractivity contribution in [1.82, 2.24) is 20.2 Å². The number of H-pyrrole nitrogens is 1. The van der Waals surface area contributed by atoms with E-state index < -0.39 is 35.7 Å². The molecule has 9 heteroatoms. The van der Waals surface area contributed by atoms with Gasteiger partial charge in [0.2, 0.25) is 0 Å². The van der Waals surface area contributed by atoms with Crippen molar-refractivity contribution in [2.75, 3.05) is 13.7 Å². The SMILES string of the molecule is CC[C@H](C)[C@@H](NC(=O)N1CCc2[nH]cnc2C1c1cc(F)ccc1F)C(=O)OC. The first-order valence-electron chi connectivity index (χ1n) is 9.49. The molecule has 0 saturated heterocycles. The number of halogens is 2. The van der Waals surface area contributed by atoms with Crippen LogP contribution in [-0.2, 0) is 16.0 Å². The summed E-state index contributed by atoms with van der Waals surface area (Å²) in [5.74, 6) is -1.98. The molecule has 2 N–H and O–H groups in total. The van der Waals surface area contributed by atoms with E-state index in [0.717, 1.165) is 23.9 Å².